The molecule has 0 atom stereocenters. The molecule has 28 heavy (non-hydrogen) atoms. The van der Waals surface area contributed by atoms with Crippen molar-refractivity contribution in [3.63, 3.8) is 0 Å². The van der Waals surface area contributed by atoms with Gasteiger partial charge in [-0.3, -0.25) is 4.79 Å². The fourth-order valence-corrected chi connectivity index (χ4v) is 5.50. The molecule has 0 aliphatic heterocycles. The van der Waals surface area contributed by atoms with E-state index in [4.69, 9.17) is 4.74 Å². The predicted molar refractivity (Wildman–Crippen MR) is 109 cm³/mol. The molecule has 1 aliphatic carbocycles. The first-order valence-electron chi connectivity index (χ1n) is 9.22. The zero-order chi connectivity index (χ0) is 20.3. The Labute approximate surface area is 168 Å². The summed E-state index contributed by atoms with van der Waals surface area (Å²) in [4.78, 5) is 24.8. The number of carbonyl (C=O) groups is 2. The van der Waals surface area contributed by atoms with E-state index < -0.39 is 21.7 Å². The zero-order valence-corrected chi connectivity index (χ0v) is 17.5. The molecule has 6 nitrogen and oxygen atoms in total. The van der Waals surface area contributed by atoms with Gasteiger partial charge in [-0.1, -0.05) is 6.07 Å². The quantitative estimate of drug-likeness (QED) is 0.691. The van der Waals surface area contributed by atoms with Crippen LogP contribution >= 0.6 is 11.3 Å². The van der Waals surface area contributed by atoms with Crippen LogP contribution in [-0.2, 0) is 32.2 Å². The van der Waals surface area contributed by atoms with Gasteiger partial charge in [0.25, 0.3) is 0 Å². The van der Waals surface area contributed by atoms with E-state index >= 15 is 0 Å². The van der Waals surface area contributed by atoms with Crippen LogP contribution in [0.1, 0.15) is 46.1 Å². The molecular weight excluding hydrogens is 398 g/mol. The molecule has 8 heteroatoms. The van der Waals surface area contributed by atoms with Crippen LogP contribution in [0.15, 0.2) is 29.2 Å². The molecule has 0 unspecified atom stereocenters. The number of anilines is 1. The van der Waals surface area contributed by atoms with Crippen molar-refractivity contribution in [2.45, 2.75) is 44.4 Å². The Morgan fingerprint density at radius 3 is 2.68 bits per heavy atom. The van der Waals surface area contributed by atoms with Crippen molar-refractivity contribution in [3.05, 3.63) is 45.8 Å². The molecule has 0 saturated heterocycles. The molecule has 2 aromatic rings. The molecule has 1 heterocycles. The molecule has 1 aliphatic rings. The summed E-state index contributed by atoms with van der Waals surface area (Å²) in [5, 5.41) is 3.17. The second-order valence-corrected chi connectivity index (χ2v) is 9.91. The number of carbonyl (C=O) groups excluding carboxylic acids is 2. The van der Waals surface area contributed by atoms with Crippen molar-refractivity contribution in [2.75, 3.05) is 17.7 Å². The average Bonchev–Trinajstić information content (AvgIpc) is 3.26. The van der Waals surface area contributed by atoms with Gasteiger partial charge >= 0.3 is 5.97 Å². The van der Waals surface area contributed by atoms with Gasteiger partial charge in [0.1, 0.15) is 4.88 Å². The second-order valence-electron chi connectivity index (χ2n) is 6.74. The smallest absolute Gasteiger partial charge is 0.348 e. The van der Waals surface area contributed by atoms with Gasteiger partial charge in [0.2, 0.25) is 5.91 Å². The molecule has 3 rings (SSSR count). The molecule has 0 radical (unpaired) electrons. The highest BCUT2D eigenvalue weighted by Gasteiger charge is 2.21. The van der Waals surface area contributed by atoms with Crippen molar-refractivity contribution in [1.29, 1.82) is 0 Å². The van der Waals surface area contributed by atoms with E-state index in [0.717, 1.165) is 36.2 Å². The third-order valence-electron chi connectivity index (χ3n) is 4.67. The van der Waals surface area contributed by atoms with Gasteiger partial charge in [-0.25, -0.2) is 13.2 Å². The molecule has 1 amide bonds. The van der Waals surface area contributed by atoms with Crippen LogP contribution < -0.4 is 5.32 Å². The van der Waals surface area contributed by atoms with Crippen LogP contribution in [0, 0.1) is 6.92 Å². The molecule has 150 valence electrons. The highest BCUT2D eigenvalue weighted by molar-refractivity contribution is 7.91. The monoisotopic (exact) mass is 421 g/mol. The number of nitrogens with one attached hydrogen (secondary N) is 1. The number of benzene rings is 1. The standard InChI is InChI=1S/C20H23NO5S2/c1-3-26-20(23)19-13(2)11-18(27-19)21-17(22)9-10-28(24,25)16-8-7-14-5-4-6-15(14)12-16/h7-8,11-12H,3-6,9-10H2,1-2H3,(H,21,22). The predicted octanol–water partition coefficient (Wildman–Crippen LogP) is 3.52. The summed E-state index contributed by atoms with van der Waals surface area (Å²) in [7, 11) is -3.52. The van der Waals surface area contributed by atoms with Crippen LogP contribution in [-0.4, -0.2) is 32.7 Å². The van der Waals surface area contributed by atoms with E-state index in [1.807, 2.05) is 6.07 Å². The maximum atomic E-state index is 12.6. The third-order valence-corrected chi connectivity index (χ3v) is 7.51. The summed E-state index contributed by atoms with van der Waals surface area (Å²) < 4.78 is 30.1. The summed E-state index contributed by atoms with van der Waals surface area (Å²) >= 11 is 1.12. The summed E-state index contributed by atoms with van der Waals surface area (Å²) in [6, 6.07) is 6.93. The van der Waals surface area contributed by atoms with Crippen molar-refractivity contribution in [1.82, 2.24) is 0 Å². The fraction of sp³-hybridized carbons (Fsp3) is 0.400. The fourth-order valence-electron chi connectivity index (χ4n) is 3.23. The summed E-state index contributed by atoms with van der Waals surface area (Å²) in [6.07, 6.45) is 2.80. The Bertz CT molecular complexity index is 1010. The summed E-state index contributed by atoms with van der Waals surface area (Å²) in [6.45, 7) is 3.76. The van der Waals surface area contributed by atoms with E-state index in [2.05, 4.69) is 5.32 Å². The van der Waals surface area contributed by atoms with Crippen molar-refractivity contribution in [2.24, 2.45) is 0 Å². The molecule has 0 spiro atoms. The van der Waals surface area contributed by atoms with Crippen LogP contribution in [0.4, 0.5) is 5.00 Å². The van der Waals surface area contributed by atoms with E-state index in [1.54, 1.807) is 32.0 Å². The minimum atomic E-state index is -3.52. The number of sulfone groups is 1. The van der Waals surface area contributed by atoms with Crippen molar-refractivity contribution < 1.29 is 22.7 Å². The number of hydrogen-bond acceptors (Lipinski definition) is 6. The number of esters is 1. The van der Waals surface area contributed by atoms with Crippen LogP contribution in [0.3, 0.4) is 0 Å². The lowest BCUT2D eigenvalue weighted by Crippen LogP contribution is -2.17. The summed E-state index contributed by atoms with van der Waals surface area (Å²) in [5.74, 6) is -1.08. The minimum absolute atomic E-state index is 0.148. The Morgan fingerprint density at radius 1 is 1.18 bits per heavy atom. The van der Waals surface area contributed by atoms with E-state index in [1.165, 1.54) is 5.56 Å². The number of amides is 1. The van der Waals surface area contributed by atoms with E-state index in [0.29, 0.717) is 15.4 Å². The molecule has 0 bridgehead atoms. The van der Waals surface area contributed by atoms with Gasteiger partial charge in [0.05, 0.1) is 22.3 Å². The number of ether oxygens (including phenoxy) is 1. The lowest BCUT2D eigenvalue weighted by molar-refractivity contribution is -0.115. The van der Waals surface area contributed by atoms with Crippen molar-refractivity contribution in [3.8, 4) is 0 Å². The molecule has 1 aromatic heterocycles. The number of fused-ring (bicyclic) bond motifs is 1. The first kappa shape index (κ1) is 20.5. The lowest BCUT2D eigenvalue weighted by atomic mass is 10.1. The van der Waals surface area contributed by atoms with Crippen LogP contribution in [0.5, 0.6) is 0 Å². The van der Waals surface area contributed by atoms with Gasteiger partial charge in [-0.05, 0) is 68.0 Å². The Kier molecular flexibility index (Phi) is 6.20. The third kappa shape index (κ3) is 4.62. The van der Waals surface area contributed by atoms with E-state index in [-0.39, 0.29) is 23.7 Å². The van der Waals surface area contributed by atoms with Gasteiger partial charge < -0.3 is 10.1 Å². The first-order valence-corrected chi connectivity index (χ1v) is 11.7. The van der Waals surface area contributed by atoms with Crippen LogP contribution in [0.25, 0.3) is 0 Å². The average molecular weight is 422 g/mol. The molecule has 1 N–H and O–H groups in total. The first-order chi connectivity index (χ1) is 13.3. The Morgan fingerprint density at radius 2 is 1.93 bits per heavy atom. The summed E-state index contributed by atoms with van der Waals surface area (Å²) in [5.41, 5.74) is 3.01. The highest BCUT2D eigenvalue weighted by Crippen LogP contribution is 2.28. The largest absolute Gasteiger partial charge is 0.462 e. The van der Waals surface area contributed by atoms with Crippen molar-refractivity contribution >= 4 is 38.1 Å². The Hall–Kier alpha value is -2.19. The van der Waals surface area contributed by atoms with E-state index in [9.17, 15) is 18.0 Å². The van der Waals surface area contributed by atoms with Crippen LogP contribution in [0.2, 0.25) is 0 Å². The van der Waals surface area contributed by atoms with Gasteiger partial charge in [0, 0.05) is 6.42 Å². The van der Waals surface area contributed by atoms with Gasteiger partial charge in [0.15, 0.2) is 9.84 Å². The molecule has 0 saturated carbocycles. The maximum absolute atomic E-state index is 12.6. The number of rotatable bonds is 7. The molecule has 0 fully saturated rings. The number of aryl methyl sites for hydroxylation is 3. The SMILES string of the molecule is CCOC(=O)c1sc(NC(=O)CCS(=O)(=O)c2ccc3c(c2)CCC3)cc1C. The molecule has 1 aromatic carbocycles. The lowest BCUT2D eigenvalue weighted by Gasteiger charge is -2.07. The highest BCUT2D eigenvalue weighted by atomic mass is 32.2. The number of hydrogen-bond donors (Lipinski definition) is 1. The number of thiophene rings is 1. The maximum Gasteiger partial charge on any atom is 0.348 e. The topological polar surface area (TPSA) is 89.5 Å². The second kappa shape index (κ2) is 8.45. The molecular formula is C20H23NO5S2. The Balaban J connectivity index is 1.61. The zero-order valence-electron chi connectivity index (χ0n) is 15.9. The van der Waals surface area contributed by atoms with Gasteiger partial charge in [-0.15, -0.1) is 11.3 Å². The normalized spacial score (nSPS) is 13.2. The van der Waals surface area contributed by atoms with Gasteiger partial charge in [-0.2, -0.15) is 0 Å². The minimum Gasteiger partial charge on any atom is -0.462 e.